The highest BCUT2D eigenvalue weighted by Gasteiger charge is 2.20. The van der Waals surface area contributed by atoms with Crippen LogP contribution < -0.4 is 5.32 Å². The van der Waals surface area contributed by atoms with E-state index in [1.165, 1.54) is 11.1 Å². The van der Waals surface area contributed by atoms with Gasteiger partial charge in [-0.25, -0.2) is 4.98 Å². The standard InChI is InChI=1S/C15H19N3/c1-3-12-4-6-13(7-5-12)14-8-9-18-10-11(2)16-15(18)17-14/h4-7,10,14H,3,8-9H2,1-2H3,(H,16,17). The zero-order valence-corrected chi connectivity index (χ0v) is 11.0. The Morgan fingerprint density at radius 2 is 2.11 bits per heavy atom. The predicted octanol–water partition coefficient (Wildman–Crippen LogP) is 3.31. The first-order valence-electron chi connectivity index (χ1n) is 6.65. The van der Waals surface area contributed by atoms with Gasteiger partial charge in [0.15, 0.2) is 0 Å². The summed E-state index contributed by atoms with van der Waals surface area (Å²) in [4.78, 5) is 4.51. The lowest BCUT2D eigenvalue weighted by Gasteiger charge is -2.25. The lowest BCUT2D eigenvalue weighted by molar-refractivity contribution is 0.542. The number of rotatable bonds is 2. The average Bonchev–Trinajstić information content (AvgIpc) is 2.78. The summed E-state index contributed by atoms with van der Waals surface area (Å²) < 4.78 is 2.20. The molecule has 0 bridgehead atoms. The third-order valence-electron chi connectivity index (χ3n) is 3.65. The van der Waals surface area contributed by atoms with E-state index in [4.69, 9.17) is 0 Å². The van der Waals surface area contributed by atoms with Gasteiger partial charge in [-0.1, -0.05) is 31.2 Å². The van der Waals surface area contributed by atoms with Crippen molar-refractivity contribution >= 4 is 5.95 Å². The second-order valence-electron chi connectivity index (χ2n) is 4.98. The lowest BCUT2D eigenvalue weighted by atomic mass is 10.0. The van der Waals surface area contributed by atoms with Gasteiger partial charge in [0.05, 0.1) is 11.7 Å². The second-order valence-corrected chi connectivity index (χ2v) is 4.98. The van der Waals surface area contributed by atoms with Crippen LogP contribution in [-0.4, -0.2) is 9.55 Å². The molecule has 3 nitrogen and oxygen atoms in total. The molecule has 1 aromatic carbocycles. The molecule has 0 saturated heterocycles. The number of aromatic nitrogens is 2. The molecule has 0 spiro atoms. The Kier molecular flexibility index (Phi) is 2.82. The van der Waals surface area contributed by atoms with Crippen LogP contribution in [0.4, 0.5) is 5.95 Å². The van der Waals surface area contributed by atoms with Crippen molar-refractivity contribution in [1.29, 1.82) is 0 Å². The maximum absolute atomic E-state index is 4.51. The van der Waals surface area contributed by atoms with Crippen LogP contribution in [0.1, 0.15) is 36.2 Å². The van der Waals surface area contributed by atoms with Gasteiger partial charge in [-0.2, -0.15) is 0 Å². The molecule has 1 aromatic heterocycles. The number of fused-ring (bicyclic) bond motifs is 1. The van der Waals surface area contributed by atoms with E-state index < -0.39 is 0 Å². The molecule has 1 unspecified atom stereocenters. The Bertz CT molecular complexity index is 539. The Hall–Kier alpha value is -1.77. The van der Waals surface area contributed by atoms with Crippen molar-refractivity contribution < 1.29 is 0 Å². The molecule has 0 aliphatic carbocycles. The van der Waals surface area contributed by atoms with Gasteiger partial charge in [-0.3, -0.25) is 0 Å². The molecule has 0 fully saturated rings. The van der Waals surface area contributed by atoms with Gasteiger partial charge in [0.25, 0.3) is 0 Å². The van der Waals surface area contributed by atoms with Crippen LogP contribution in [-0.2, 0) is 13.0 Å². The molecule has 0 saturated carbocycles. The normalized spacial score (nSPS) is 18.2. The molecule has 0 amide bonds. The minimum atomic E-state index is 0.394. The summed E-state index contributed by atoms with van der Waals surface area (Å²) in [6.45, 7) is 5.27. The molecular formula is C15H19N3. The summed E-state index contributed by atoms with van der Waals surface area (Å²) in [5, 5.41) is 3.52. The molecular weight excluding hydrogens is 222 g/mol. The van der Waals surface area contributed by atoms with Gasteiger partial charge < -0.3 is 9.88 Å². The first-order valence-corrected chi connectivity index (χ1v) is 6.65. The third kappa shape index (κ3) is 2.01. The number of benzene rings is 1. The van der Waals surface area contributed by atoms with E-state index in [2.05, 4.69) is 52.3 Å². The monoisotopic (exact) mass is 241 g/mol. The molecule has 2 aromatic rings. The molecule has 18 heavy (non-hydrogen) atoms. The van der Waals surface area contributed by atoms with Crippen molar-refractivity contribution in [2.24, 2.45) is 0 Å². The Labute approximate surface area is 108 Å². The molecule has 1 aliphatic heterocycles. The van der Waals surface area contributed by atoms with E-state index in [-0.39, 0.29) is 0 Å². The maximum atomic E-state index is 4.51. The van der Waals surface area contributed by atoms with Crippen molar-refractivity contribution in [1.82, 2.24) is 9.55 Å². The fraction of sp³-hybridized carbons (Fsp3) is 0.400. The highest BCUT2D eigenvalue weighted by Crippen LogP contribution is 2.28. The molecule has 0 radical (unpaired) electrons. The topological polar surface area (TPSA) is 29.9 Å². The summed E-state index contributed by atoms with van der Waals surface area (Å²) in [6.07, 6.45) is 4.33. The fourth-order valence-corrected chi connectivity index (χ4v) is 2.56. The fourth-order valence-electron chi connectivity index (χ4n) is 2.56. The number of anilines is 1. The smallest absolute Gasteiger partial charge is 0.203 e. The van der Waals surface area contributed by atoms with Crippen LogP contribution in [0.25, 0.3) is 0 Å². The first-order chi connectivity index (χ1) is 8.76. The summed E-state index contributed by atoms with van der Waals surface area (Å²) in [5.41, 5.74) is 3.84. The Morgan fingerprint density at radius 3 is 2.83 bits per heavy atom. The molecule has 1 aliphatic rings. The van der Waals surface area contributed by atoms with Crippen molar-refractivity contribution in [3.05, 3.63) is 47.3 Å². The molecule has 3 heteroatoms. The minimum absolute atomic E-state index is 0.394. The van der Waals surface area contributed by atoms with Crippen LogP contribution >= 0.6 is 0 Å². The highest BCUT2D eigenvalue weighted by molar-refractivity contribution is 5.37. The SMILES string of the molecule is CCc1ccc(C2CCn3cc(C)nc3N2)cc1. The zero-order chi connectivity index (χ0) is 12.5. The predicted molar refractivity (Wildman–Crippen MR) is 73.8 cm³/mol. The van der Waals surface area contributed by atoms with Gasteiger partial charge in [0, 0.05) is 12.7 Å². The van der Waals surface area contributed by atoms with E-state index in [9.17, 15) is 0 Å². The quantitative estimate of drug-likeness (QED) is 0.874. The molecule has 1 N–H and O–H groups in total. The van der Waals surface area contributed by atoms with Crippen LogP contribution in [0.5, 0.6) is 0 Å². The summed E-state index contributed by atoms with van der Waals surface area (Å²) >= 11 is 0. The van der Waals surface area contributed by atoms with Crippen LogP contribution in [0.2, 0.25) is 0 Å². The van der Waals surface area contributed by atoms with Crippen LogP contribution in [0, 0.1) is 6.92 Å². The van der Waals surface area contributed by atoms with Gasteiger partial charge in [-0.15, -0.1) is 0 Å². The van der Waals surface area contributed by atoms with E-state index in [1.807, 2.05) is 6.92 Å². The Morgan fingerprint density at radius 1 is 1.33 bits per heavy atom. The summed E-state index contributed by atoms with van der Waals surface area (Å²) in [5.74, 6) is 1.00. The van der Waals surface area contributed by atoms with Crippen molar-refractivity contribution in [3.63, 3.8) is 0 Å². The molecule has 3 rings (SSSR count). The van der Waals surface area contributed by atoms with Gasteiger partial charge in [-0.05, 0) is 30.9 Å². The number of hydrogen-bond acceptors (Lipinski definition) is 2. The maximum Gasteiger partial charge on any atom is 0.203 e. The molecule has 2 heterocycles. The molecule has 1 atom stereocenters. The summed E-state index contributed by atoms with van der Waals surface area (Å²) in [7, 11) is 0. The Balaban J connectivity index is 1.82. The van der Waals surface area contributed by atoms with Crippen molar-refractivity contribution in [3.8, 4) is 0 Å². The second kappa shape index (κ2) is 4.48. The van der Waals surface area contributed by atoms with Crippen molar-refractivity contribution in [2.45, 2.75) is 39.3 Å². The lowest BCUT2D eigenvalue weighted by Crippen LogP contribution is -2.21. The number of hydrogen-bond donors (Lipinski definition) is 1. The number of nitrogens with zero attached hydrogens (tertiary/aromatic N) is 2. The van der Waals surface area contributed by atoms with Crippen LogP contribution in [0.3, 0.4) is 0 Å². The van der Waals surface area contributed by atoms with E-state index >= 15 is 0 Å². The van der Waals surface area contributed by atoms with E-state index in [0.29, 0.717) is 6.04 Å². The van der Waals surface area contributed by atoms with Gasteiger partial charge >= 0.3 is 0 Å². The largest absolute Gasteiger partial charge is 0.349 e. The van der Waals surface area contributed by atoms with E-state index in [0.717, 1.165) is 31.0 Å². The number of imidazole rings is 1. The minimum Gasteiger partial charge on any atom is -0.349 e. The highest BCUT2D eigenvalue weighted by atomic mass is 15.2. The van der Waals surface area contributed by atoms with Gasteiger partial charge in [0.2, 0.25) is 5.95 Å². The number of aryl methyl sites for hydroxylation is 3. The molecule has 94 valence electrons. The summed E-state index contributed by atoms with van der Waals surface area (Å²) in [6, 6.07) is 9.32. The van der Waals surface area contributed by atoms with Gasteiger partial charge in [0.1, 0.15) is 0 Å². The third-order valence-corrected chi connectivity index (χ3v) is 3.65. The van der Waals surface area contributed by atoms with E-state index in [1.54, 1.807) is 0 Å². The average molecular weight is 241 g/mol. The zero-order valence-electron chi connectivity index (χ0n) is 11.0. The first kappa shape index (κ1) is 11.3. The van der Waals surface area contributed by atoms with Crippen LogP contribution in [0.15, 0.2) is 30.5 Å². The van der Waals surface area contributed by atoms with Crippen molar-refractivity contribution in [2.75, 3.05) is 5.32 Å². The number of nitrogens with one attached hydrogen (secondary N) is 1.